The zero-order chi connectivity index (χ0) is 26.0. The van der Waals surface area contributed by atoms with Gasteiger partial charge in [-0.1, -0.05) is 18.2 Å². The summed E-state index contributed by atoms with van der Waals surface area (Å²) in [5, 5.41) is 33.2. The molecule has 2 atom stereocenters. The molecule has 8 nitrogen and oxygen atoms in total. The first-order valence-electron chi connectivity index (χ1n) is 10.5. The molecule has 12 heteroatoms. The Morgan fingerprint density at radius 3 is 2.42 bits per heavy atom. The lowest BCUT2D eigenvalue weighted by Gasteiger charge is -2.16. The first-order chi connectivity index (χ1) is 17.0. The Kier molecular flexibility index (Phi) is 7.02. The lowest BCUT2D eigenvalue weighted by Crippen LogP contribution is -2.10. The fourth-order valence-corrected chi connectivity index (χ4v) is 4.32. The predicted molar refractivity (Wildman–Crippen MR) is 126 cm³/mol. The Bertz CT molecular complexity index is 1390. The molecule has 2 unspecified atom stereocenters. The summed E-state index contributed by atoms with van der Waals surface area (Å²) >= 11 is 1.13. The molecule has 4 N–H and O–H groups in total. The van der Waals surface area contributed by atoms with E-state index in [1.165, 1.54) is 30.5 Å². The number of carboxylic acids is 1. The number of alkyl halides is 3. The van der Waals surface area contributed by atoms with E-state index in [0.29, 0.717) is 21.7 Å². The second-order valence-electron chi connectivity index (χ2n) is 7.86. The Labute approximate surface area is 206 Å². The highest BCUT2D eigenvalue weighted by Crippen LogP contribution is 2.36. The summed E-state index contributed by atoms with van der Waals surface area (Å²) in [5.74, 6) is -1.31. The van der Waals surface area contributed by atoms with Crippen LogP contribution in [-0.2, 0) is 6.18 Å². The molecular weight excluding hydrogens is 497 g/mol. The predicted octanol–water partition coefficient (Wildman–Crippen LogP) is 5.14. The van der Waals surface area contributed by atoms with E-state index < -0.39 is 30.0 Å². The molecule has 0 fully saturated rings. The standard InChI is InChI=1S/C24H19F3N4O4S/c1-12-8-15(10-16(9-12)30-23-28-7-6-18(31-23)24(25,26)27)17-11-29-21(36-17)20(33)19(32)13-2-4-14(5-3-13)22(34)35/h2-11,19-20,32-33H,1H3,(H,34,35)(H,28,30,31). The number of aliphatic hydroxyl groups is 2. The number of hydrogen-bond acceptors (Lipinski definition) is 8. The van der Waals surface area contributed by atoms with Crippen LogP contribution in [0.15, 0.2) is 60.9 Å². The Morgan fingerprint density at radius 1 is 1.03 bits per heavy atom. The van der Waals surface area contributed by atoms with Crippen molar-refractivity contribution in [1.82, 2.24) is 15.0 Å². The average Bonchev–Trinajstić information content (AvgIpc) is 3.33. The van der Waals surface area contributed by atoms with Gasteiger partial charge in [0.05, 0.1) is 10.4 Å². The quantitative estimate of drug-likeness (QED) is 0.266. The third kappa shape index (κ3) is 5.67. The van der Waals surface area contributed by atoms with Crippen molar-refractivity contribution in [3.63, 3.8) is 0 Å². The van der Waals surface area contributed by atoms with E-state index in [9.17, 15) is 28.2 Å². The maximum atomic E-state index is 13.0. The first-order valence-corrected chi connectivity index (χ1v) is 11.3. The number of rotatable bonds is 7. The third-order valence-corrected chi connectivity index (χ3v) is 6.26. The molecule has 0 saturated carbocycles. The van der Waals surface area contributed by atoms with E-state index >= 15 is 0 Å². The van der Waals surface area contributed by atoms with Crippen LogP contribution < -0.4 is 5.32 Å². The van der Waals surface area contributed by atoms with Crippen molar-refractivity contribution in [3.05, 3.63) is 88.3 Å². The molecule has 2 aromatic carbocycles. The molecule has 4 aromatic rings. The fraction of sp³-hybridized carbons (Fsp3) is 0.167. The highest BCUT2D eigenvalue weighted by molar-refractivity contribution is 7.15. The summed E-state index contributed by atoms with van der Waals surface area (Å²) in [6.07, 6.45) is -4.76. The average molecular weight is 517 g/mol. The lowest BCUT2D eigenvalue weighted by atomic mass is 10.0. The number of nitrogens with zero attached hydrogens (tertiary/aromatic N) is 3. The second-order valence-corrected chi connectivity index (χ2v) is 8.92. The number of benzene rings is 2. The van der Waals surface area contributed by atoms with Crippen LogP contribution in [0.3, 0.4) is 0 Å². The number of thiazole rings is 1. The SMILES string of the molecule is Cc1cc(Nc2nccc(C(F)(F)F)n2)cc(-c2cnc(C(O)C(O)c3ccc(C(=O)O)cc3)s2)c1. The number of halogens is 3. The molecule has 36 heavy (non-hydrogen) atoms. The number of aromatic nitrogens is 3. The van der Waals surface area contributed by atoms with Crippen molar-refractivity contribution in [2.24, 2.45) is 0 Å². The van der Waals surface area contributed by atoms with Crippen molar-refractivity contribution in [2.45, 2.75) is 25.3 Å². The van der Waals surface area contributed by atoms with Gasteiger partial charge in [-0.2, -0.15) is 13.2 Å². The molecule has 0 aliphatic heterocycles. The molecule has 0 amide bonds. The van der Waals surface area contributed by atoms with E-state index in [-0.39, 0.29) is 16.5 Å². The van der Waals surface area contributed by atoms with Gasteiger partial charge in [0.15, 0.2) is 0 Å². The summed E-state index contributed by atoms with van der Waals surface area (Å²) in [6.45, 7) is 1.81. The third-order valence-electron chi connectivity index (χ3n) is 5.14. The maximum absolute atomic E-state index is 13.0. The van der Waals surface area contributed by atoms with E-state index in [1.807, 2.05) is 13.0 Å². The molecule has 186 valence electrons. The zero-order valence-corrected chi connectivity index (χ0v) is 19.4. The Hall–Kier alpha value is -3.87. The largest absolute Gasteiger partial charge is 0.478 e. The van der Waals surface area contributed by atoms with Gasteiger partial charge >= 0.3 is 12.1 Å². The van der Waals surface area contributed by atoms with Gasteiger partial charge in [-0.25, -0.2) is 19.7 Å². The van der Waals surface area contributed by atoms with Crippen molar-refractivity contribution >= 4 is 28.9 Å². The van der Waals surface area contributed by atoms with E-state index in [1.54, 1.807) is 12.1 Å². The molecule has 0 saturated heterocycles. The number of anilines is 2. The minimum absolute atomic E-state index is 0.0522. The van der Waals surface area contributed by atoms with Gasteiger partial charge < -0.3 is 20.6 Å². The second kappa shape index (κ2) is 10.0. The lowest BCUT2D eigenvalue weighted by molar-refractivity contribution is -0.141. The Morgan fingerprint density at radius 2 is 1.75 bits per heavy atom. The van der Waals surface area contributed by atoms with Gasteiger partial charge in [0, 0.05) is 18.1 Å². The molecule has 0 radical (unpaired) electrons. The van der Waals surface area contributed by atoms with Crippen LogP contribution in [0.2, 0.25) is 0 Å². The van der Waals surface area contributed by atoms with E-state index in [0.717, 1.165) is 29.2 Å². The van der Waals surface area contributed by atoms with E-state index in [4.69, 9.17) is 5.11 Å². The number of aromatic carboxylic acids is 1. The van der Waals surface area contributed by atoms with Crippen LogP contribution in [0.5, 0.6) is 0 Å². The van der Waals surface area contributed by atoms with Crippen LogP contribution >= 0.6 is 11.3 Å². The van der Waals surface area contributed by atoms with Crippen molar-refractivity contribution in [3.8, 4) is 10.4 Å². The minimum Gasteiger partial charge on any atom is -0.478 e. The summed E-state index contributed by atoms with van der Waals surface area (Å²) in [7, 11) is 0. The summed E-state index contributed by atoms with van der Waals surface area (Å²) < 4.78 is 38.9. The van der Waals surface area contributed by atoms with Crippen molar-refractivity contribution in [1.29, 1.82) is 0 Å². The Balaban J connectivity index is 1.55. The molecule has 0 aliphatic rings. The smallest absolute Gasteiger partial charge is 0.433 e. The highest BCUT2D eigenvalue weighted by atomic mass is 32.1. The van der Waals surface area contributed by atoms with Crippen molar-refractivity contribution in [2.75, 3.05) is 5.32 Å². The fourth-order valence-electron chi connectivity index (χ4n) is 3.40. The number of carboxylic acid groups (broad SMARTS) is 1. The number of carbonyl (C=O) groups is 1. The monoisotopic (exact) mass is 516 g/mol. The van der Waals surface area contributed by atoms with Gasteiger partial charge in [-0.3, -0.25) is 0 Å². The maximum Gasteiger partial charge on any atom is 0.433 e. The first kappa shape index (κ1) is 25.2. The van der Waals surface area contributed by atoms with Gasteiger partial charge in [0.1, 0.15) is 22.9 Å². The zero-order valence-electron chi connectivity index (χ0n) is 18.6. The normalized spacial score (nSPS) is 13.3. The van der Waals surface area contributed by atoms with Crippen LogP contribution in [0.4, 0.5) is 24.8 Å². The molecule has 2 heterocycles. The molecule has 0 aliphatic carbocycles. The highest BCUT2D eigenvalue weighted by Gasteiger charge is 2.32. The molecule has 0 spiro atoms. The molecule has 4 rings (SSSR count). The summed E-state index contributed by atoms with van der Waals surface area (Å²) in [5.41, 5.74) is 1.25. The van der Waals surface area contributed by atoms with Crippen LogP contribution in [-0.4, -0.2) is 36.2 Å². The van der Waals surface area contributed by atoms with Crippen LogP contribution in [0, 0.1) is 6.92 Å². The van der Waals surface area contributed by atoms with Gasteiger partial charge in [0.2, 0.25) is 5.95 Å². The van der Waals surface area contributed by atoms with Crippen LogP contribution in [0.1, 0.15) is 44.4 Å². The summed E-state index contributed by atoms with van der Waals surface area (Å²) in [4.78, 5) is 23.2. The number of nitrogens with one attached hydrogen (secondary N) is 1. The number of aliphatic hydroxyl groups excluding tert-OH is 2. The number of aryl methyl sites for hydroxylation is 1. The van der Waals surface area contributed by atoms with Gasteiger partial charge in [0.25, 0.3) is 0 Å². The van der Waals surface area contributed by atoms with Crippen LogP contribution in [0.25, 0.3) is 10.4 Å². The van der Waals surface area contributed by atoms with Crippen molar-refractivity contribution < 1.29 is 33.3 Å². The minimum atomic E-state index is -4.60. The van der Waals surface area contributed by atoms with Gasteiger partial charge in [-0.15, -0.1) is 11.3 Å². The topological polar surface area (TPSA) is 128 Å². The molecule has 0 bridgehead atoms. The number of hydrogen-bond donors (Lipinski definition) is 4. The molecule has 2 aromatic heterocycles. The summed E-state index contributed by atoms with van der Waals surface area (Å²) in [6, 6.07) is 11.5. The van der Waals surface area contributed by atoms with E-state index in [2.05, 4.69) is 20.3 Å². The van der Waals surface area contributed by atoms with Gasteiger partial charge in [-0.05, 0) is 53.9 Å². The molecular formula is C24H19F3N4O4S.